The second-order valence-corrected chi connectivity index (χ2v) is 30.7. The molecule has 0 N–H and O–H groups in total. The summed E-state index contributed by atoms with van der Waals surface area (Å²) in [4.78, 5) is 0. The molecule has 3 nitrogen and oxygen atoms in total. The molecule has 3 heteroatoms. The van der Waals surface area contributed by atoms with E-state index < -0.39 is 0 Å². The van der Waals surface area contributed by atoms with Gasteiger partial charge in [-0.3, -0.25) is 0 Å². The van der Waals surface area contributed by atoms with E-state index in [2.05, 4.69) is 278 Å². The van der Waals surface area contributed by atoms with E-state index in [0.717, 1.165) is 121 Å². The molecule has 0 amide bonds. The van der Waals surface area contributed by atoms with Gasteiger partial charge in [0.25, 0.3) is 0 Å². The number of aromatic nitrogens is 1. The van der Waals surface area contributed by atoms with E-state index in [1.54, 1.807) is 0 Å². The van der Waals surface area contributed by atoms with Gasteiger partial charge in [0.05, 0.1) is 11.0 Å². The Hall–Kier alpha value is -11.8. The van der Waals surface area contributed by atoms with E-state index in [1.807, 2.05) is 0 Å². The summed E-state index contributed by atoms with van der Waals surface area (Å²) in [7, 11) is 0. The van der Waals surface area contributed by atoms with Gasteiger partial charge in [-0.15, -0.1) is 0 Å². The number of hydrogen-bond acceptors (Lipinski definition) is 2. The lowest BCUT2D eigenvalue weighted by atomic mass is 9.86. The van der Waals surface area contributed by atoms with Gasteiger partial charge in [-0.25, -0.2) is 0 Å². The Kier molecular flexibility index (Phi) is 14.1. The quantitative estimate of drug-likeness (QED) is 0.135. The van der Waals surface area contributed by atoms with E-state index in [-0.39, 0.29) is 0 Å². The van der Waals surface area contributed by atoms with Gasteiger partial charge in [0, 0.05) is 49.1 Å². The third-order valence-electron chi connectivity index (χ3n) is 24.7. The second kappa shape index (κ2) is 24.4. The number of furan rings is 2. The second-order valence-electron chi connectivity index (χ2n) is 30.7. The Labute approximate surface area is 611 Å². The summed E-state index contributed by atoms with van der Waals surface area (Å²) in [5, 5.41) is 11.9. The molecule has 3 aromatic heterocycles. The molecule has 0 saturated heterocycles. The Morgan fingerprint density at radius 2 is 0.505 bits per heavy atom. The molecule has 0 spiro atoms. The SMILES string of the molecule is c1ccc(-c2c3ccccc3c(-c3ccc(-n4c5ccc(-c6cc(-c7ccc8c(c7)CCCC8)cc7c6oc6ccc(-c8ccc9c(c8)CCCC9)cc67)cc5c5cc(-c6cc(-c7ccc8c(c7)CCCC8)cc7c6oc6ccc(-c8ccc9c(c8)CCCC9)cc67)ccc54)cc3)c3ccccc23)cc1. The molecular formula is C102H77NO2. The fourth-order valence-electron chi connectivity index (χ4n) is 19.3. The highest BCUT2D eigenvalue weighted by atomic mass is 16.3. The summed E-state index contributed by atoms with van der Waals surface area (Å²) in [6, 6.07) is 105. The monoisotopic (exact) mass is 1350 g/mol. The maximum absolute atomic E-state index is 7.26. The molecule has 105 heavy (non-hydrogen) atoms. The summed E-state index contributed by atoms with van der Waals surface area (Å²) in [6.07, 6.45) is 19.2. The van der Waals surface area contributed by atoms with E-state index in [4.69, 9.17) is 8.83 Å². The molecule has 0 fully saturated rings. The van der Waals surface area contributed by atoms with E-state index in [0.29, 0.717) is 0 Å². The zero-order valence-corrected chi connectivity index (χ0v) is 59.1. The lowest BCUT2D eigenvalue weighted by Crippen LogP contribution is -2.02. The van der Waals surface area contributed by atoms with Gasteiger partial charge in [0.2, 0.25) is 0 Å². The van der Waals surface area contributed by atoms with Crippen LogP contribution in [0.3, 0.4) is 0 Å². The number of aryl methyl sites for hydroxylation is 8. The van der Waals surface area contributed by atoms with Crippen LogP contribution >= 0.6 is 0 Å². The van der Waals surface area contributed by atoms with Gasteiger partial charge >= 0.3 is 0 Å². The molecule has 0 unspecified atom stereocenters. The van der Waals surface area contributed by atoms with Crippen molar-refractivity contribution in [2.75, 3.05) is 0 Å². The van der Waals surface area contributed by atoms with E-state index in [1.165, 1.54) is 208 Å². The van der Waals surface area contributed by atoms with Crippen LogP contribution in [0.4, 0.5) is 0 Å². The van der Waals surface area contributed by atoms with Crippen molar-refractivity contribution < 1.29 is 8.83 Å². The summed E-state index contributed by atoms with van der Waals surface area (Å²) < 4.78 is 17.0. The van der Waals surface area contributed by atoms with Crippen LogP contribution in [-0.2, 0) is 51.4 Å². The average Bonchev–Trinajstić information content (AvgIpc) is 1.70. The molecular weight excluding hydrogens is 1270 g/mol. The van der Waals surface area contributed by atoms with Gasteiger partial charge < -0.3 is 13.4 Å². The highest BCUT2D eigenvalue weighted by Gasteiger charge is 2.26. The Morgan fingerprint density at radius 3 is 0.905 bits per heavy atom. The first-order chi connectivity index (χ1) is 52.0. The number of hydrogen-bond donors (Lipinski definition) is 0. The van der Waals surface area contributed by atoms with Crippen molar-refractivity contribution in [3.05, 3.63) is 317 Å². The van der Waals surface area contributed by atoms with Gasteiger partial charge in [0.15, 0.2) is 0 Å². The highest BCUT2D eigenvalue weighted by Crippen LogP contribution is 2.49. The zero-order chi connectivity index (χ0) is 68.8. The fourth-order valence-corrected chi connectivity index (χ4v) is 19.3. The lowest BCUT2D eigenvalue weighted by Gasteiger charge is -2.18. The van der Waals surface area contributed by atoms with E-state index in [9.17, 15) is 0 Å². The first-order valence-electron chi connectivity index (χ1n) is 38.7. The summed E-state index contributed by atoms with van der Waals surface area (Å²) in [5.41, 5.74) is 38.2. The minimum Gasteiger partial charge on any atom is -0.455 e. The smallest absolute Gasteiger partial charge is 0.143 e. The largest absolute Gasteiger partial charge is 0.455 e. The Morgan fingerprint density at radius 1 is 0.200 bits per heavy atom. The maximum Gasteiger partial charge on any atom is 0.143 e. The predicted octanol–water partition coefficient (Wildman–Crippen LogP) is 27.7. The molecule has 22 rings (SSSR count). The average molecular weight is 1350 g/mol. The molecule has 0 saturated carbocycles. The van der Waals surface area contributed by atoms with Crippen LogP contribution in [0.15, 0.2) is 282 Å². The van der Waals surface area contributed by atoms with Crippen molar-refractivity contribution in [2.24, 2.45) is 0 Å². The van der Waals surface area contributed by atoms with E-state index >= 15 is 0 Å². The minimum absolute atomic E-state index is 0.902. The zero-order valence-electron chi connectivity index (χ0n) is 59.1. The summed E-state index contributed by atoms with van der Waals surface area (Å²) >= 11 is 0. The standard InChI is InChI=1S/C102H77NO2/c1-2-20-66(21-3-1)99-83-26-12-14-28-85(83)100(86-29-15-13-27-84(86)99)67-38-44-82(45-39-67)103-95-46-40-78(87-58-80(74-36-32-64-18-6-10-24-70(64)52-74)60-93-91-54-76(42-48-97(91)104-101(87)93)72-34-30-62-16-4-8-22-68(62)50-72)56-89(95)90-57-79(41-47-96(90)103)88-59-81(75-37-33-65-19-7-11-25-71(65)53-75)61-94-92-55-77(43-49-98(92)105-102(88)94)73-35-31-63-17-5-9-23-69(63)51-73/h1-3,12-15,20-21,26-61H,4-11,16-19,22-25H2. The van der Waals surface area contributed by atoms with Crippen molar-refractivity contribution in [3.63, 3.8) is 0 Å². The molecule has 3 heterocycles. The molecule has 0 aliphatic heterocycles. The van der Waals surface area contributed by atoms with Gasteiger partial charge in [-0.2, -0.15) is 0 Å². The van der Waals surface area contributed by atoms with Gasteiger partial charge in [-0.05, 0) is 332 Å². The van der Waals surface area contributed by atoms with Gasteiger partial charge in [0.1, 0.15) is 22.3 Å². The molecule has 18 aromatic rings. The summed E-state index contributed by atoms with van der Waals surface area (Å²) in [6.45, 7) is 0. The topological polar surface area (TPSA) is 31.2 Å². The first-order valence-corrected chi connectivity index (χ1v) is 38.7. The fraction of sp³-hybridized carbons (Fsp3) is 0.157. The minimum atomic E-state index is 0.902. The molecule has 0 bridgehead atoms. The van der Waals surface area contributed by atoms with Crippen molar-refractivity contribution in [1.82, 2.24) is 4.57 Å². The third-order valence-corrected chi connectivity index (χ3v) is 24.7. The van der Waals surface area contributed by atoms with Crippen molar-refractivity contribution in [2.45, 2.75) is 103 Å². The van der Waals surface area contributed by atoms with Crippen molar-refractivity contribution >= 4 is 87.2 Å². The van der Waals surface area contributed by atoms with Crippen LogP contribution in [-0.4, -0.2) is 4.57 Å². The van der Waals surface area contributed by atoms with Crippen molar-refractivity contribution in [3.8, 4) is 94.7 Å². The normalized spacial score (nSPS) is 14.4. The number of benzene rings is 15. The van der Waals surface area contributed by atoms with Crippen LogP contribution in [0.25, 0.3) is 182 Å². The van der Waals surface area contributed by atoms with Crippen LogP contribution in [0.1, 0.15) is 95.9 Å². The van der Waals surface area contributed by atoms with Crippen LogP contribution < -0.4 is 0 Å². The van der Waals surface area contributed by atoms with Gasteiger partial charge in [-0.1, -0.05) is 188 Å². The Bertz CT molecular complexity index is 6290. The molecule has 0 radical (unpaired) electrons. The van der Waals surface area contributed by atoms with Crippen LogP contribution in [0.5, 0.6) is 0 Å². The first kappa shape index (κ1) is 60.8. The Balaban J connectivity index is 0.761. The number of nitrogens with zero attached hydrogens (tertiary/aromatic N) is 1. The molecule has 15 aromatic carbocycles. The van der Waals surface area contributed by atoms with Crippen molar-refractivity contribution in [1.29, 1.82) is 0 Å². The maximum atomic E-state index is 7.26. The number of rotatable bonds is 9. The van der Waals surface area contributed by atoms with Crippen LogP contribution in [0, 0.1) is 0 Å². The molecule has 502 valence electrons. The molecule has 0 atom stereocenters. The number of fused-ring (bicyclic) bond motifs is 15. The molecule has 4 aliphatic carbocycles. The molecule has 4 aliphatic rings. The lowest BCUT2D eigenvalue weighted by molar-refractivity contribution is 0.669. The summed E-state index contributed by atoms with van der Waals surface area (Å²) in [5.74, 6) is 0. The predicted molar refractivity (Wildman–Crippen MR) is 440 cm³/mol. The highest BCUT2D eigenvalue weighted by molar-refractivity contribution is 6.22. The third kappa shape index (κ3) is 10.1. The van der Waals surface area contributed by atoms with Crippen LogP contribution in [0.2, 0.25) is 0 Å².